The molecule has 34 heavy (non-hydrogen) atoms. The van der Waals surface area contributed by atoms with Crippen LogP contribution in [0.5, 0.6) is 0 Å². The summed E-state index contributed by atoms with van der Waals surface area (Å²) in [7, 11) is -3.51. The summed E-state index contributed by atoms with van der Waals surface area (Å²) >= 11 is 0. The molecular weight excluding hydrogens is 471 g/mol. The highest BCUT2D eigenvalue weighted by Crippen LogP contribution is 2.32. The van der Waals surface area contributed by atoms with Crippen LogP contribution in [0.2, 0.25) is 0 Å². The Balaban J connectivity index is 1.86. The number of rotatable bonds is 6. The van der Waals surface area contributed by atoms with Gasteiger partial charge in [-0.05, 0) is 31.2 Å². The molecule has 0 saturated carbocycles. The highest BCUT2D eigenvalue weighted by atomic mass is 32.2. The molecule has 0 aliphatic carbocycles. The molecule has 0 spiro atoms. The number of halogens is 3. The van der Waals surface area contributed by atoms with Gasteiger partial charge in [-0.15, -0.1) is 0 Å². The predicted octanol–water partition coefficient (Wildman–Crippen LogP) is 4.03. The first-order chi connectivity index (χ1) is 15.7. The molecule has 7 nitrogen and oxygen atoms in total. The van der Waals surface area contributed by atoms with Crippen LogP contribution in [0.25, 0.3) is 0 Å². The molecule has 2 heterocycles. The van der Waals surface area contributed by atoms with Gasteiger partial charge in [-0.2, -0.15) is 17.5 Å². The second kappa shape index (κ2) is 9.71. The summed E-state index contributed by atoms with van der Waals surface area (Å²) in [5, 5.41) is 2.53. The van der Waals surface area contributed by atoms with Crippen LogP contribution in [-0.4, -0.2) is 55.3 Å². The Morgan fingerprint density at radius 2 is 1.76 bits per heavy atom. The van der Waals surface area contributed by atoms with Crippen molar-refractivity contribution < 1.29 is 31.1 Å². The lowest BCUT2D eigenvalue weighted by Gasteiger charge is -2.27. The zero-order valence-electron chi connectivity index (χ0n) is 19.7. The monoisotopic (exact) mass is 501 g/mol. The molecule has 0 unspecified atom stereocenters. The highest BCUT2D eigenvalue weighted by molar-refractivity contribution is 7.89. The lowest BCUT2D eigenvalue weighted by molar-refractivity contribution is -0.137. The summed E-state index contributed by atoms with van der Waals surface area (Å²) in [5.74, 6) is -0.697. The van der Waals surface area contributed by atoms with Crippen molar-refractivity contribution in [3.05, 3.63) is 52.8 Å². The molecule has 1 N–H and O–H groups in total. The number of morpholine rings is 1. The fourth-order valence-corrected chi connectivity index (χ4v) is 5.29. The summed E-state index contributed by atoms with van der Waals surface area (Å²) < 4.78 is 73.1. The van der Waals surface area contributed by atoms with E-state index in [2.05, 4.69) is 5.32 Å². The number of ether oxygens (including phenoxy) is 1. The largest absolute Gasteiger partial charge is 0.416 e. The van der Waals surface area contributed by atoms with Crippen molar-refractivity contribution in [2.24, 2.45) is 0 Å². The number of sulfonamides is 1. The highest BCUT2D eigenvalue weighted by Gasteiger charge is 2.31. The van der Waals surface area contributed by atoms with Gasteiger partial charge in [-0.25, -0.2) is 8.42 Å². The van der Waals surface area contributed by atoms with Crippen LogP contribution in [-0.2, 0) is 32.9 Å². The summed E-state index contributed by atoms with van der Waals surface area (Å²) in [6, 6.07) is 6.11. The van der Waals surface area contributed by atoms with Crippen LogP contribution in [0.3, 0.4) is 0 Å². The number of hydrogen-bond acceptors (Lipinski definition) is 4. The maximum Gasteiger partial charge on any atom is 0.416 e. The van der Waals surface area contributed by atoms with E-state index in [1.165, 1.54) is 16.4 Å². The molecular formula is C23H30F3N3O4S. The maximum atomic E-state index is 13.0. The van der Waals surface area contributed by atoms with E-state index in [4.69, 9.17) is 4.74 Å². The standard InChI is InChI=1S/C23H30F3N3O4S/c1-16-19(21(30)27-18-7-5-6-17(14-18)23(24,25)26)15-20(22(2,3)4)29(16)10-13-34(31,32)28-8-11-33-12-9-28/h5-7,14-15H,8-13H2,1-4H3,(H,27,30). The van der Waals surface area contributed by atoms with Crippen molar-refractivity contribution in [1.29, 1.82) is 0 Å². The molecule has 1 aliphatic heterocycles. The first kappa shape index (κ1) is 26.2. The average Bonchev–Trinajstić information content (AvgIpc) is 3.09. The maximum absolute atomic E-state index is 13.0. The third kappa shape index (κ3) is 6.00. The molecule has 3 rings (SSSR count). The van der Waals surface area contributed by atoms with Crippen molar-refractivity contribution in [3.8, 4) is 0 Å². The van der Waals surface area contributed by atoms with E-state index < -0.39 is 33.1 Å². The SMILES string of the molecule is Cc1c(C(=O)Nc2cccc(C(F)(F)F)c2)cc(C(C)(C)C)n1CCS(=O)(=O)N1CCOCC1. The first-order valence-corrected chi connectivity index (χ1v) is 12.6. The van der Waals surface area contributed by atoms with E-state index in [9.17, 15) is 26.4 Å². The van der Waals surface area contributed by atoms with Crippen LogP contribution in [0.1, 0.15) is 48.1 Å². The number of alkyl halides is 3. The van der Waals surface area contributed by atoms with Gasteiger partial charge in [-0.1, -0.05) is 26.8 Å². The van der Waals surface area contributed by atoms with Crippen molar-refractivity contribution in [1.82, 2.24) is 8.87 Å². The number of nitrogens with one attached hydrogen (secondary N) is 1. The van der Waals surface area contributed by atoms with Gasteiger partial charge in [0.25, 0.3) is 5.91 Å². The molecule has 0 bridgehead atoms. The second-order valence-electron chi connectivity index (χ2n) is 9.29. The summed E-state index contributed by atoms with van der Waals surface area (Å²) in [5.41, 5.74) is 0.360. The van der Waals surface area contributed by atoms with Gasteiger partial charge in [0.15, 0.2) is 0 Å². The molecule has 1 aromatic carbocycles. The number of carbonyl (C=O) groups excluding carboxylic acids is 1. The fraction of sp³-hybridized carbons (Fsp3) is 0.522. The zero-order valence-corrected chi connectivity index (χ0v) is 20.5. The second-order valence-corrected chi connectivity index (χ2v) is 11.4. The van der Waals surface area contributed by atoms with Crippen LogP contribution >= 0.6 is 0 Å². The van der Waals surface area contributed by atoms with E-state index >= 15 is 0 Å². The molecule has 1 amide bonds. The number of benzene rings is 1. The topological polar surface area (TPSA) is 80.6 Å². The summed E-state index contributed by atoms with van der Waals surface area (Å²) in [6.07, 6.45) is -4.52. The minimum absolute atomic E-state index is 0.0270. The van der Waals surface area contributed by atoms with Gasteiger partial charge in [0.1, 0.15) is 0 Å². The van der Waals surface area contributed by atoms with Gasteiger partial charge in [0.2, 0.25) is 10.0 Å². The van der Waals surface area contributed by atoms with E-state index in [1.54, 1.807) is 17.6 Å². The summed E-state index contributed by atoms with van der Waals surface area (Å²) in [4.78, 5) is 13.0. The van der Waals surface area contributed by atoms with Crippen LogP contribution in [0, 0.1) is 6.92 Å². The van der Waals surface area contributed by atoms with Crippen molar-refractivity contribution in [2.45, 2.75) is 45.8 Å². The smallest absolute Gasteiger partial charge is 0.379 e. The normalized spacial score (nSPS) is 16.0. The molecule has 0 atom stereocenters. The zero-order chi connectivity index (χ0) is 25.3. The Morgan fingerprint density at radius 1 is 1.12 bits per heavy atom. The van der Waals surface area contributed by atoms with E-state index in [0.29, 0.717) is 32.0 Å². The lowest BCUT2D eigenvalue weighted by Crippen LogP contribution is -2.42. The minimum Gasteiger partial charge on any atom is -0.379 e. The first-order valence-electron chi connectivity index (χ1n) is 10.9. The third-order valence-electron chi connectivity index (χ3n) is 5.76. The Bertz CT molecular complexity index is 1150. The van der Waals surface area contributed by atoms with E-state index in [-0.39, 0.29) is 23.5 Å². The Morgan fingerprint density at radius 3 is 2.35 bits per heavy atom. The molecule has 0 radical (unpaired) electrons. The molecule has 1 saturated heterocycles. The van der Waals surface area contributed by atoms with Crippen molar-refractivity contribution in [3.63, 3.8) is 0 Å². The third-order valence-corrected chi connectivity index (χ3v) is 7.61. The van der Waals surface area contributed by atoms with Crippen LogP contribution < -0.4 is 5.32 Å². The number of anilines is 1. The van der Waals surface area contributed by atoms with Crippen LogP contribution in [0.15, 0.2) is 30.3 Å². The van der Waals surface area contributed by atoms with E-state index in [0.717, 1.165) is 17.8 Å². The lowest BCUT2D eigenvalue weighted by atomic mass is 9.92. The number of carbonyl (C=O) groups is 1. The minimum atomic E-state index is -4.52. The molecule has 11 heteroatoms. The Kier molecular flexibility index (Phi) is 7.49. The Labute approximate surface area is 197 Å². The molecule has 1 fully saturated rings. The predicted molar refractivity (Wildman–Crippen MR) is 123 cm³/mol. The fourth-order valence-electron chi connectivity index (χ4n) is 3.92. The average molecular weight is 502 g/mol. The number of hydrogen-bond donors (Lipinski definition) is 1. The van der Waals surface area contributed by atoms with Crippen LogP contribution in [0.4, 0.5) is 18.9 Å². The van der Waals surface area contributed by atoms with Gasteiger partial charge >= 0.3 is 6.18 Å². The summed E-state index contributed by atoms with van der Waals surface area (Å²) in [6.45, 7) is 9.03. The van der Waals surface area contributed by atoms with Crippen molar-refractivity contribution in [2.75, 3.05) is 37.4 Å². The molecule has 188 valence electrons. The van der Waals surface area contributed by atoms with Gasteiger partial charge in [0, 0.05) is 42.1 Å². The van der Waals surface area contributed by atoms with Gasteiger partial charge < -0.3 is 14.6 Å². The van der Waals surface area contributed by atoms with E-state index in [1.807, 2.05) is 20.8 Å². The quantitative estimate of drug-likeness (QED) is 0.648. The molecule has 1 aliphatic rings. The number of nitrogens with zero attached hydrogens (tertiary/aromatic N) is 2. The van der Waals surface area contributed by atoms with Gasteiger partial charge in [0.05, 0.1) is 30.1 Å². The van der Waals surface area contributed by atoms with Gasteiger partial charge in [-0.3, -0.25) is 4.79 Å². The number of amides is 1. The molecule has 1 aromatic heterocycles. The number of aromatic nitrogens is 1. The van der Waals surface area contributed by atoms with Crippen molar-refractivity contribution >= 4 is 21.6 Å². The Hall–Kier alpha value is -2.37. The molecule has 2 aromatic rings.